The van der Waals surface area contributed by atoms with E-state index in [0.29, 0.717) is 12.6 Å². The van der Waals surface area contributed by atoms with Gasteiger partial charge in [-0.1, -0.05) is 0 Å². The Bertz CT molecular complexity index is 356. The third-order valence-corrected chi connectivity index (χ3v) is 6.10. The number of rotatable bonds is 2. The van der Waals surface area contributed by atoms with E-state index in [9.17, 15) is 9.90 Å². The lowest BCUT2D eigenvalue weighted by molar-refractivity contribution is -0.142. The van der Waals surface area contributed by atoms with Crippen LogP contribution in [0, 0.1) is 23.7 Å². The standard InChI is InChI=1S/C15H24N2O2/c18-15(19)13-8-17(2-1-16-13)14-11-4-9-3-10(6-11)7-12(14)5-9/h9-14,16H,1-8H2,(H,18,19). The maximum absolute atomic E-state index is 11.2. The molecule has 19 heavy (non-hydrogen) atoms. The number of nitrogens with zero attached hydrogens (tertiary/aromatic N) is 1. The van der Waals surface area contributed by atoms with Crippen LogP contribution in [0.2, 0.25) is 0 Å². The van der Waals surface area contributed by atoms with Crippen molar-refractivity contribution in [2.24, 2.45) is 23.7 Å². The Morgan fingerprint density at radius 1 is 1.05 bits per heavy atom. The van der Waals surface area contributed by atoms with Crippen LogP contribution in [0.25, 0.3) is 0 Å². The number of carboxylic acids is 1. The molecule has 5 fully saturated rings. The highest BCUT2D eigenvalue weighted by molar-refractivity contribution is 5.73. The van der Waals surface area contributed by atoms with Crippen LogP contribution < -0.4 is 5.32 Å². The van der Waals surface area contributed by atoms with Crippen molar-refractivity contribution >= 4 is 5.97 Å². The zero-order chi connectivity index (χ0) is 13.0. The number of hydrogen-bond donors (Lipinski definition) is 2. The summed E-state index contributed by atoms with van der Waals surface area (Å²) in [4.78, 5) is 13.7. The minimum absolute atomic E-state index is 0.356. The first-order valence-electron chi connectivity index (χ1n) is 7.91. The number of nitrogens with one attached hydrogen (secondary N) is 1. The minimum Gasteiger partial charge on any atom is -0.480 e. The van der Waals surface area contributed by atoms with E-state index in [0.717, 1.165) is 36.8 Å². The van der Waals surface area contributed by atoms with Crippen molar-refractivity contribution in [1.29, 1.82) is 0 Å². The molecule has 1 saturated heterocycles. The van der Waals surface area contributed by atoms with Crippen LogP contribution in [0.15, 0.2) is 0 Å². The van der Waals surface area contributed by atoms with Crippen LogP contribution in [0.4, 0.5) is 0 Å². The molecule has 0 radical (unpaired) electrons. The first-order chi connectivity index (χ1) is 9.20. The largest absolute Gasteiger partial charge is 0.480 e. The van der Waals surface area contributed by atoms with Gasteiger partial charge in [0.25, 0.3) is 0 Å². The Hall–Kier alpha value is -0.610. The summed E-state index contributed by atoms with van der Waals surface area (Å²) in [6, 6.07) is 0.336. The zero-order valence-electron chi connectivity index (χ0n) is 11.4. The van der Waals surface area contributed by atoms with Crippen molar-refractivity contribution in [2.45, 2.75) is 44.2 Å². The Kier molecular flexibility index (Phi) is 2.85. The second-order valence-corrected chi connectivity index (χ2v) is 7.26. The van der Waals surface area contributed by atoms with Gasteiger partial charge < -0.3 is 10.4 Å². The summed E-state index contributed by atoms with van der Waals surface area (Å²) in [5, 5.41) is 12.3. The quantitative estimate of drug-likeness (QED) is 0.786. The zero-order valence-corrected chi connectivity index (χ0v) is 11.4. The van der Waals surface area contributed by atoms with Crippen LogP contribution in [-0.4, -0.2) is 47.7 Å². The molecule has 106 valence electrons. The van der Waals surface area contributed by atoms with Crippen molar-refractivity contribution in [1.82, 2.24) is 10.2 Å². The summed E-state index contributed by atoms with van der Waals surface area (Å²) < 4.78 is 0. The molecule has 1 heterocycles. The van der Waals surface area contributed by atoms with E-state index in [1.165, 1.54) is 32.1 Å². The monoisotopic (exact) mass is 264 g/mol. The summed E-state index contributed by atoms with van der Waals surface area (Å²) in [6.07, 6.45) is 7.15. The fraction of sp³-hybridized carbons (Fsp3) is 0.933. The van der Waals surface area contributed by atoms with E-state index >= 15 is 0 Å². The summed E-state index contributed by atoms with van der Waals surface area (Å²) >= 11 is 0. The van der Waals surface area contributed by atoms with Gasteiger partial charge in [-0.2, -0.15) is 0 Å². The van der Waals surface area contributed by atoms with E-state index in [1.807, 2.05) is 0 Å². The van der Waals surface area contributed by atoms with E-state index in [4.69, 9.17) is 0 Å². The van der Waals surface area contributed by atoms with Gasteiger partial charge in [-0.15, -0.1) is 0 Å². The fourth-order valence-electron chi connectivity index (χ4n) is 5.70. The Balaban J connectivity index is 1.51. The summed E-state index contributed by atoms with van der Waals surface area (Å²) in [5.41, 5.74) is 0. The average Bonchev–Trinajstić information content (AvgIpc) is 2.37. The summed E-state index contributed by atoms with van der Waals surface area (Å²) in [7, 11) is 0. The van der Waals surface area contributed by atoms with Gasteiger partial charge in [0, 0.05) is 25.7 Å². The Morgan fingerprint density at radius 3 is 2.26 bits per heavy atom. The summed E-state index contributed by atoms with van der Waals surface area (Å²) in [5.74, 6) is 3.04. The molecule has 5 rings (SSSR count). The second kappa shape index (κ2) is 4.45. The van der Waals surface area contributed by atoms with E-state index in [-0.39, 0.29) is 6.04 Å². The van der Waals surface area contributed by atoms with Gasteiger partial charge in [-0.25, -0.2) is 0 Å². The molecule has 4 heteroatoms. The lowest BCUT2D eigenvalue weighted by Crippen LogP contribution is -2.63. The second-order valence-electron chi connectivity index (χ2n) is 7.26. The van der Waals surface area contributed by atoms with Crippen LogP contribution in [0.1, 0.15) is 32.1 Å². The van der Waals surface area contributed by atoms with Gasteiger partial charge in [-0.05, 0) is 55.8 Å². The molecule has 4 nitrogen and oxygen atoms in total. The SMILES string of the molecule is O=C(O)C1CN(C2C3CC4CC(C3)CC2C4)CCN1. The van der Waals surface area contributed by atoms with Gasteiger partial charge in [0.15, 0.2) is 0 Å². The molecule has 1 aliphatic heterocycles. The van der Waals surface area contributed by atoms with E-state index < -0.39 is 5.97 Å². The fourth-order valence-corrected chi connectivity index (χ4v) is 5.70. The molecule has 1 atom stereocenters. The lowest BCUT2D eigenvalue weighted by atomic mass is 9.54. The number of carboxylic acid groups (broad SMARTS) is 1. The smallest absolute Gasteiger partial charge is 0.322 e. The van der Waals surface area contributed by atoms with Gasteiger partial charge in [0.1, 0.15) is 6.04 Å². The van der Waals surface area contributed by atoms with Gasteiger partial charge >= 0.3 is 5.97 Å². The molecule has 2 N–H and O–H groups in total. The molecular weight excluding hydrogens is 240 g/mol. The number of piperazine rings is 1. The molecule has 4 bridgehead atoms. The van der Waals surface area contributed by atoms with Crippen molar-refractivity contribution in [2.75, 3.05) is 19.6 Å². The average molecular weight is 264 g/mol. The first kappa shape index (κ1) is 12.2. The molecule has 0 spiro atoms. The number of aliphatic carboxylic acids is 1. The van der Waals surface area contributed by atoms with Gasteiger partial charge in [0.05, 0.1) is 0 Å². The molecule has 0 aromatic rings. The van der Waals surface area contributed by atoms with Crippen molar-refractivity contribution in [3.8, 4) is 0 Å². The van der Waals surface area contributed by atoms with E-state index in [2.05, 4.69) is 10.2 Å². The summed E-state index contributed by atoms with van der Waals surface area (Å²) in [6.45, 7) is 2.58. The minimum atomic E-state index is -0.687. The molecule has 0 aromatic heterocycles. The number of carbonyl (C=O) groups is 1. The molecule has 5 aliphatic rings. The Labute approximate surface area is 114 Å². The van der Waals surface area contributed by atoms with Gasteiger partial charge in [-0.3, -0.25) is 9.69 Å². The van der Waals surface area contributed by atoms with Crippen molar-refractivity contribution < 1.29 is 9.90 Å². The van der Waals surface area contributed by atoms with Crippen LogP contribution in [-0.2, 0) is 4.79 Å². The molecule has 4 aliphatic carbocycles. The molecular formula is C15H24N2O2. The maximum Gasteiger partial charge on any atom is 0.322 e. The molecule has 4 saturated carbocycles. The predicted octanol–water partition coefficient (Wildman–Crippen LogP) is 1.17. The van der Waals surface area contributed by atoms with Crippen molar-refractivity contribution in [3.05, 3.63) is 0 Å². The maximum atomic E-state index is 11.2. The molecule has 0 aromatic carbocycles. The predicted molar refractivity (Wildman–Crippen MR) is 71.8 cm³/mol. The van der Waals surface area contributed by atoms with Crippen molar-refractivity contribution in [3.63, 3.8) is 0 Å². The van der Waals surface area contributed by atoms with Gasteiger partial charge in [0.2, 0.25) is 0 Å². The lowest BCUT2D eigenvalue weighted by Gasteiger charge is -2.58. The van der Waals surface area contributed by atoms with Crippen LogP contribution in [0.5, 0.6) is 0 Å². The first-order valence-corrected chi connectivity index (χ1v) is 7.91. The highest BCUT2D eigenvalue weighted by Crippen LogP contribution is 2.55. The van der Waals surface area contributed by atoms with Crippen LogP contribution in [0.3, 0.4) is 0 Å². The highest BCUT2D eigenvalue weighted by Gasteiger charge is 2.50. The van der Waals surface area contributed by atoms with E-state index in [1.54, 1.807) is 0 Å². The third kappa shape index (κ3) is 2.00. The van der Waals surface area contributed by atoms with Crippen LogP contribution >= 0.6 is 0 Å². The topological polar surface area (TPSA) is 52.6 Å². The molecule has 1 unspecified atom stereocenters. The normalized spacial score (nSPS) is 49.5. The Morgan fingerprint density at radius 2 is 1.68 bits per heavy atom. The third-order valence-electron chi connectivity index (χ3n) is 6.10. The molecule has 0 amide bonds. The highest BCUT2D eigenvalue weighted by atomic mass is 16.4. The number of hydrogen-bond acceptors (Lipinski definition) is 3.